The Kier molecular flexibility index (Phi) is 3.99. The molecule has 0 saturated carbocycles. The number of aliphatic hydroxyl groups is 1. The van der Waals surface area contributed by atoms with E-state index in [0.29, 0.717) is 0 Å². The summed E-state index contributed by atoms with van der Waals surface area (Å²) in [6, 6.07) is -0.570. The summed E-state index contributed by atoms with van der Waals surface area (Å²) in [5.74, 6) is -0.655. The fourth-order valence-corrected chi connectivity index (χ4v) is 0.442. The summed E-state index contributed by atoms with van der Waals surface area (Å²) in [4.78, 5) is 10.6. The van der Waals surface area contributed by atoms with Gasteiger partial charge in [0.25, 0.3) is 0 Å². The minimum atomic E-state index is -1.19. The number of nitrogens with two attached hydrogens (primary N) is 1. The topological polar surface area (TPSA) is 72.5 Å². The minimum Gasteiger partial charge on any atom is -0.464 e. The minimum absolute atomic E-state index is 0.266. The third kappa shape index (κ3) is 2.80. The molecule has 0 fully saturated rings. The highest BCUT2D eigenvalue weighted by Crippen LogP contribution is 1.92. The highest BCUT2D eigenvalue weighted by Gasteiger charge is 2.19. The van der Waals surface area contributed by atoms with Crippen LogP contribution in [0.4, 0.5) is 0 Å². The van der Waals surface area contributed by atoms with Crippen molar-refractivity contribution >= 4 is 5.97 Å². The number of hydrogen-bond donors (Lipinski definition) is 2. The van der Waals surface area contributed by atoms with Gasteiger partial charge in [-0.05, 0) is 13.8 Å². The van der Waals surface area contributed by atoms with Crippen molar-refractivity contribution in [2.45, 2.75) is 26.0 Å². The first kappa shape index (κ1) is 9.39. The maximum Gasteiger partial charge on any atom is 0.336 e. The third-order valence-electron chi connectivity index (χ3n) is 1.03. The molecule has 60 valence electrons. The zero-order valence-electron chi connectivity index (χ0n) is 6.20. The molecule has 0 rings (SSSR count). The summed E-state index contributed by atoms with van der Waals surface area (Å²) in [7, 11) is 0. The Morgan fingerprint density at radius 2 is 2.30 bits per heavy atom. The van der Waals surface area contributed by atoms with Gasteiger partial charge >= 0.3 is 5.97 Å². The summed E-state index contributed by atoms with van der Waals surface area (Å²) >= 11 is 0. The molecule has 4 heteroatoms. The summed E-state index contributed by atoms with van der Waals surface area (Å²) in [6.45, 7) is 3.48. The quantitative estimate of drug-likeness (QED) is 0.515. The van der Waals surface area contributed by atoms with Gasteiger partial charge in [0.15, 0.2) is 6.10 Å². The van der Waals surface area contributed by atoms with Crippen molar-refractivity contribution in [1.29, 1.82) is 0 Å². The van der Waals surface area contributed by atoms with Crippen molar-refractivity contribution < 1.29 is 14.6 Å². The second-order valence-electron chi connectivity index (χ2n) is 2.06. The highest BCUT2D eigenvalue weighted by molar-refractivity contribution is 5.75. The Labute approximate surface area is 60.0 Å². The maximum atomic E-state index is 10.6. The van der Waals surface area contributed by atoms with Crippen molar-refractivity contribution in [3.05, 3.63) is 0 Å². The van der Waals surface area contributed by atoms with E-state index in [9.17, 15) is 4.79 Å². The van der Waals surface area contributed by atoms with Gasteiger partial charge in [-0.3, -0.25) is 0 Å². The van der Waals surface area contributed by atoms with Crippen LogP contribution in [0, 0.1) is 0 Å². The zero-order chi connectivity index (χ0) is 8.15. The third-order valence-corrected chi connectivity index (χ3v) is 1.03. The number of rotatable bonds is 3. The van der Waals surface area contributed by atoms with Crippen molar-refractivity contribution in [2.24, 2.45) is 5.73 Å². The second-order valence-corrected chi connectivity index (χ2v) is 2.06. The predicted molar refractivity (Wildman–Crippen MR) is 36.3 cm³/mol. The molecule has 0 bridgehead atoms. The van der Waals surface area contributed by atoms with Crippen LogP contribution in [-0.2, 0) is 9.53 Å². The van der Waals surface area contributed by atoms with Gasteiger partial charge in [0, 0.05) is 6.04 Å². The van der Waals surface area contributed by atoms with Gasteiger partial charge < -0.3 is 15.6 Å². The van der Waals surface area contributed by atoms with E-state index in [2.05, 4.69) is 4.74 Å². The fourth-order valence-electron chi connectivity index (χ4n) is 0.442. The number of ether oxygens (including phenoxy) is 1. The summed E-state index contributed by atoms with van der Waals surface area (Å²) in [5, 5.41) is 8.93. The van der Waals surface area contributed by atoms with Crippen LogP contribution in [-0.4, -0.2) is 29.8 Å². The van der Waals surface area contributed by atoms with E-state index < -0.39 is 18.1 Å². The molecule has 0 aliphatic heterocycles. The molecular formula is C6H13NO3. The maximum absolute atomic E-state index is 10.6. The van der Waals surface area contributed by atoms with E-state index in [4.69, 9.17) is 10.8 Å². The molecule has 2 atom stereocenters. The Morgan fingerprint density at radius 3 is 2.60 bits per heavy atom. The molecule has 4 nitrogen and oxygen atoms in total. The smallest absolute Gasteiger partial charge is 0.336 e. The van der Waals surface area contributed by atoms with Gasteiger partial charge in [-0.15, -0.1) is 0 Å². The van der Waals surface area contributed by atoms with E-state index in [1.54, 1.807) is 13.8 Å². The Balaban J connectivity index is 3.71. The average molecular weight is 147 g/mol. The first-order valence-electron chi connectivity index (χ1n) is 3.19. The van der Waals surface area contributed by atoms with Crippen molar-refractivity contribution in [2.75, 3.05) is 6.61 Å². The normalized spacial score (nSPS) is 16.0. The molecule has 0 aromatic heterocycles. The molecule has 0 aromatic rings. The lowest BCUT2D eigenvalue weighted by Gasteiger charge is -2.11. The van der Waals surface area contributed by atoms with Gasteiger partial charge in [0.2, 0.25) is 0 Å². The lowest BCUT2D eigenvalue weighted by Crippen LogP contribution is -2.39. The molecule has 0 radical (unpaired) electrons. The van der Waals surface area contributed by atoms with Gasteiger partial charge in [0.05, 0.1) is 6.61 Å². The Morgan fingerprint density at radius 1 is 1.80 bits per heavy atom. The van der Waals surface area contributed by atoms with E-state index in [1.807, 2.05) is 0 Å². The average Bonchev–Trinajstić information content (AvgIpc) is 1.87. The van der Waals surface area contributed by atoms with E-state index in [1.165, 1.54) is 0 Å². The standard InChI is InChI=1S/C6H13NO3/c1-3-10-6(9)5(8)4(2)7/h4-5,8H,3,7H2,1-2H3. The van der Waals surface area contributed by atoms with Gasteiger partial charge in [-0.25, -0.2) is 4.79 Å². The molecule has 0 aromatic carbocycles. The van der Waals surface area contributed by atoms with Gasteiger partial charge in [0.1, 0.15) is 0 Å². The predicted octanol–water partition coefficient (Wildman–Crippen LogP) is -0.742. The molecule has 0 heterocycles. The van der Waals surface area contributed by atoms with Crippen LogP contribution in [0.15, 0.2) is 0 Å². The highest BCUT2D eigenvalue weighted by atomic mass is 16.5. The van der Waals surface area contributed by atoms with Crippen LogP contribution in [0.3, 0.4) is 0 Å². The van der Waals surface area contributed by atoms with Crippen LogP contribution >= 0.6 is 0 Å². The van der Waals surface area contributed by atoms with Crippen molar-refractivity contribution in [3.63, 3.8) is 0 Å². The summed E-state index contributed by atoms with van der Waals surface area (Å²) in [6.07, 6.45) is -1.19. The second kappa shape index (κ2) is 4.24. The number of hydrogen-bond acceptors (Lipinski definition) is 4. The first-order chi connectivity index (χ1) is 4.59. The zero-order valence-corrected chi connectivity index (χ0v) is 6.20. The summed E-state index contributed by atoms with van der Waals surface area (Å²) in [5.41, 5.74) is 5.22. The molecule has 0 spiro atoms. The largest absolute Gasteiger partial charge is 0.464 e. The molecule has 0 aliphatic carbocycles. The monoisotopic (exact) mass is 147 g/mol. The van der Waals surface area contributed by atoms with Crippen LogP contribution in [0.1, 0.15) is 13.8 Å². The van der Waals surface area contributed by atoms with Crippen LogP contribution in [0.5, 0.6) is 0 Å². The van der Waals surface area contributed by atoms with Crippen molar-refractivity contribution in [1.82, 2.24) is 0 Å². The molecule has 10 heavy (non-hydrogen) atoms. The number of carbonyl (C=O) groups is 1. The molecule has 0 saturated heterocycles. The Bertz CT molecular complexity index is 114. The molecule has 2 unspecified atom stereocenters. The number of esters is 1. The summed E-state index contributed by atoms with van der Waals surface area (Å²) < 4.78 is 4.50. The van der Waals surface area contributed by atoms with Crippen LogP contribution < -0.4 is 5.73 Å². The van der Waals surface area contributed by atoms with Crippen molar-refractivity contribution in [3.8, 4) is 0 Å². The lowest BCUT2D eigenvalue weighted by atomic mass is 10.2. The van der Waals surface area contributed by atoms with Gasteiger partial charge in [-0.2, -0.15) is 0 Å². The van der Waals surface area contributed by atoms with Crippen LogP contribution in [0.2, 0.25) is 0 Å². The molecule has 3 N–H and O–H groups in total. The lowest BCUT2D eigenvalue weighted by molar-refractivity contribution is -0.153. The molecular weight excluding hydrogens is 134 g/mol. The number of aliphatic hydroxyl groups excluding tert-OH is 1. The molecule has 0 amide bonds. The van der Waals surface area contributed by atoms with E-state index >= 15 is 0 Å². The first-order valence-corrected chi connectivity index (χ1v) is 3.19. The van der Waals surface area contributed by atoms with Crippen LogP contribution in [0.25, 0.3) is 0 Å². The number of carbonyl (C=O) groups excluding carboxylic acids is 1. The van der Waals surface area contributed by atoms with E-state index in [-0.39, 0.29) is 6.61 Å². The molecule has 0 aliphatic rings. The van der Waals surface area contributed by atoms with Gasteiger partial charge in [-0.1, -0.05) is 0 Å². The Hall–Kier alpha value is -0.610. The SMILES string of the molecule is CCOC(=O)C(O)C(C)N. The fraction of sp³-hybridized carbons (Fsp3) is 0.833. The van der Waals surface area contributed by atoms with E-state index in [0.717, 1.165) is 0 Å².